The van der Waals surface area contributed by atoms with E-state index in [0.717, 1.165) is 24.9 Å². The van der Waals surface area contributed by atoms with Crippen LogP contribution in [0.5, 0.6) is 0 Å². The molecule has 3 fully saturated rings. The number of fused-ring (bicyclic) bond motifs is 6. The molecule has 0 spiro atoms. The molecule has 0 radical (unpaired) electrons. The second-order valence-corrected chi connectivity index (χ2v) is 7.22. The SMILES string of the molecule is CC(=O)N1CCCC2=C[C@@H]3C[C@@H](CN4CCCC[C@H]34)[C@@H]21. The van der Waals surface area contributed by atoms with E-state index in [9.17, 15) is 4.79 Å². The number of likely N-dealkylation sites (tertiary alicyclic amines) is 1. The van der Waals surface area contributed by atoms with Gasteiger partial charge in [0.2, 0.25) is 5.91 Å². The highest BCUT2D eigenvalue weighted by Gasteiger charge is 2.46. The lowest BCUT2D eigenvalue weighted by atomic mass is 9.68. The maximum absolute atomic E-state index is 12.0. The summed E-state index contributed by atoms with van der Waals surface area (Å²) in [5.74, 6) is 1.74. The zero-order valence-corrected chi connectivity index (χ0v) is 12.6. The monoisotopic (exact) mass is 274 g/mol. The van der Waals surface area contributed by atoms with Gasteiger partial charge in [-0.2, -0.15) is 0 Å². The molecule has 3 nitrogen and oxygen atoms in total. The number of carbonyl (C=O) groups is 1. The number of amides is 1. The third-order valence-corrected chi connectivity index (χ3v) is 6.06. The number of piperidine rings is 3. The molecule has 0 saturated carbocycles. The van der Waals surface area contributed by atoms with Crippen LogP contribution in [-0.2, 0) is 4.79 Å². The smallest absolute Gasteiger partial charge is 0.219 e. The molecule has 3 heteroatoms. The van der Waals surface area contributed by atoms with Crippen molar-refractivity contribution in [1.82, 2.24) is 9.80 Å². The van der Waals surface area contributed by atoms with Gasteiger partial charge in [0.15, 0.2) is 0 Å². The Balaban J connectivity index is 1.66. The van der Waals surface area contributed by atoms with Crippen LogP contribution in [0.2, 0.25) is 0 Å². The molecule has 4 rings (SSSR count). The van der Waals surface area contributed by atoms with Crippen molar-refractivity contribution in [3.05, 3.63) is 11.6 Å². The minimum absolute atomic E-state index is 0.278. The molecule has 4 aliphatic rings. The van der Waals surface area contributed by atoms with Gasteiger partial charge in [-0.1, -0.05) is 18.1 Å². The first kappa shape index (κ1) is 12.9. The highest BCUT2D eigenvalue weighted by Crippen LogP contribution is 2.44. The summed E-state index contributed by atoms with van der Waals surface area (Å²) in [7, 11) is 0. The lowest BCUT2D eigenvalue weighted by Gasteiger charge is -2.54. The van der Waals surface area contributed by atoms with Gasteiger partial charge in [-0.15, -0.1) is 0 Å². The van der Waals surface area contributed by atoms with E-state index in [1.165, 1.54) is 45.2 Å². The van der Waals surface area contributed by atoms with Crippen molar-refractivity contribution in [2.24, 2.45) is 11.8 Å². The molecule has 3 aliphatic heterocycles. The van der Waals surface area contributed by atoms with Gasteiger partial charge in [-0.3, -0.25) is 9.69 Å². The first-order valence-corrected chi connectivity index (χ1v) is 8.46. The molecule has 0 N–H and O–H groups in total. The van der Waals surface area contributed by atoms with Crippen molar-refractivity contribution < 1.29 is 4.79 Å². The molecule has 3 saturated heterocycles. The Morgan fingerprint density at radius 1 is 1.25 bits per heavy atom. The minimum Gasteiger partial charge on any atom is -0.336 e. The number of carbonyl (C=O) groups excluding carboxylic acids is 1. The van der Waals surface area contributed by atoms with Gasteiger partial charge in [-0.05, 0) is 50.5 Å². The number of hydrogen-bond donors (Lipinski definition) is 0. The van der Waals surface area contributed by atoms with E-state index in [1.807, 2.05) is 0 Å². The summed E-state index contributed by atoms with van der Waals surface area (Å²) in [5.41, 5.74) is 1.60. The van der Waals surface area contributed by atoms with Gasteiger partial charge in [0.05, 0.1) is 6.04 Å². The highest BCUT2D eigenvalue weighted by molar-refractivity contribution is 5.74. The van der Waals surface area contributed by atoms with Crippen molar-refractivity contribution in [3.8, 4) is 0 Å². The largest absolute Gasteiger partial charge is 0.336 e. The Bertz CT molecular complexity index is 444. The first-order valence-electron chi connectivity index (χ1n) is 8.46. The zero-order chi connectivity index (χ0) is 13.7. The van der Waals surface area contributed by atoms with Crippen LogP contribution in [0.3, 0.4) is 0 Å². The fourth-order valence-electron chi connectivity index (χ4n) is 5.33. The van der Waals surface area contributed by atoms with Crippen molar-refractivity contribution >= 4 is 5.91 Å². The molecule has 2 bridgehead atoms. The van der Waals surface area contributed by atoms with Crippen LogP contribution >= 0.6 is 0 Å². The highest BCUT2D eigenvalue weighted by atomic mass is 16.2. The number of hydrogen-bond acceptors (Lipinski definition) is 2. The molecule has 0 aromatic rings. The Kier molecular flexibility index (Phi) is 3.13. The van der Waals surface area contributed by atoms with E-state index in [0.29, 0.717) is 12.0 Å². The molecule has 3 heterocycles. The molecule has 0 aromatic carbocycles. The van der Waals surface area contributed by atoms with Crippen LogP contribution in [0.4, 0.5) is 0 Å². The van der Waals surface area contributed by atoms with Crippen LogP contribution in [0.15, 0.2) is 11.6 Å². The summed E-state index contributed by atoms with van der Waals surface area (Å²) in [4.78, 5) is 16.9. The Labute approximate surface area is 122 Å². The maximum atomic E-state index is 12.0. The van der Waals surface area contributed by atoms with Gasteiger partial charge in [0.25, 0.3) is 0 Å². The lowest BCUT2D eigenvalue weighted by molar-refractivity contribution is -0.133. The van der Waals surface area contributed by atoms with Crippen molar-refractivity contribution in [3.63, 3.8) is 0 Å². The lowest BCUT2D eigenvalue weighted by Crippen LogP contribution is -2.59. The molecule has 4 atom stereocenters. The van der Waals surface area contributed by atoms with Crippen molar-refractivity contribution in [2.75, 3.05) is 19.6 Å². The van der Waals surface area contributed by atoms with Crippen LogP contribution < -0.4 is 0 Å². The second kappa shape index (κ2) is 4.87. The van der Waals surface area contributed by atoms with Crippen LogP contribution in [0.1, 0.15) is 45.4 Å². The van der Waals surface area contributed by atoms with E-state index >= 15 is 0 Å². The molecule has 0 unspecified atom stereocenters. The van der Waals surface area contributed by atoms with Gasteiger partial charge >= 0.3 is 0 Å². The summed E-state index contributed by atoms with van der Waals surface area (Å²) in [6, 6.07) is 1.24. The van der Waals surface area contributed by atoms with Crippen LogP contribution in [-0.4, -0.2) is 47.4 Å². The van der Waals surface area contributed by atoms with E-state index in [4.69, 9.17) is 0 Å². The molecular weight excluding hydrogens is 248 g/mol. The topological polar surface area (TPSA) is 23.6 Å². The summed E-state index contributed by atoms with van der Waals surface area (Å²) in [5, 5.41) is 0. The first-order chi connectivity index (χ1) is 9.74. The average molecular weight is 274 g/mol. The average Bonchev–Trinajstić information content (AvgIpc) is 2.46. The van der Waals surface area contributed by atoms with Gasteiger partial charge in [-0.25, -0.2) is 0 Å². The quantitative estimate of drug-likeness (QED) is 0.633. The Morgan fingerprint density at radius 2 is 2.15 bits per heavy atom. The molecule has 0 aromatic heterocycles. The zero-order valence-electron chi connectivity index (χ0n) is 12.6. The standard InChI is InChI=1S/C17H26N2O/c1-12(20)19-8-4-5-13-9-14-10-15(17(13)19)11-18-7-3-2-6-16(14)18/h9,14-17H,2-8,10-11H2,1H3/t14-,15+,16-,17-/m1/s1. The number of nitrogens with zero attached hydrogens (tertiary/aromatic N) is 2. The minimum atomic E-state index is 0.278. The van der Waals surface area contributed by atoms with Crippen molar-refractivity contribution in [2.45, 2.75) is 57.5 Å². The summed E-state index contributed by atoms with van der Waals surface area (Å²) in [6.07, 6.45) is 10.5. The summed E-state index contributed by atoms with van der Waals surface area (Å²) >= 11 is 0. The van der Waals surface area contributed by atoms with E-state index in [-0.39, 0.29) is 5.91 Å². The molecular formula is C17H26N2O. The van der Waals surface area contributed by atoms with Crippen molar-refractivity contribution in [1.29, 1.82) is 0 Å². The fourth-order valence-corrected chi connectivity index (χ4v) is 5.33. The predicted molar refractivity (Wildman–Crippen MR) is 79.3 cm³/mol. The van der Waals surface area contributed by atoms with E-state index in [2.05, 4.69) is 15.9 Å². The molecule has 1 aliphatic carbocycles. The normalized spacial score (nSPS) is 40.6. The number of rotatable bonds is 0. The Hall–Kier alpha value is -0.830. The van der Waals surface area contributed by atoms with Gasteiger partial charge < -0.3 is 4.90 Å². The van der Waals surface area contributed by atoms with Gasteiger partial charge in [0, 0.05) is 26.1 Å². The Morgan fingerprint density at radius 3 is 3.00 bits per heavy atom. The third kappa shape index (κ3) is 1.93. The molecule has 1 amide bonds. The fraction of sp³-hybridized carbons (Fsp3) is 0.824. The predicted octanol–water partition coefficient (Wildman–Crippen LogP) is 2.43. The van der Waals surface area contributed by atoms with Crippen LogP contribution in [0.25, 0.3) is 0 Å². The van der Waals surface area contributed by atoms with E-state index < -0.39 is 0 Å². The molecule has 110 valence electrons. The molecule has 20 heavy (non-hydrogen) atoms. The third-order valence-electron chi connectivity index (χ3n) is 6.06. The van der Waals surface area contributed by atoms with E-state index in [1.54, 1.807) is 12.5 Å². The van der Waals surface area contributed by atoms with Gasteiger partial charge in [0.1, 0.15) is 0 Å². The maximum Gasteiger partial charge on any atom is 0.219 e. The summed E-state index contributed by atoms with van der Waals surface area (Å²) < 4.78 is 0. The second-order valence-electron chi connectivity index (χ2n) is 7.22. The summed E-state index contributed by atoms with van der Waals surface area (Å²) in [6.45, 7) is 5.24. The van der Waals surface area contributed by atoms with Crippen LogP contribution in [0, 0.1) is 11.8 Å².